The second-order valence-corrected chi connectivity index (χ2v) is 3.96. The topological polar surface area (TPSA) is 12.9 Å². The van der Waals surface area contributed by atoms with Crippen molar-refractivity contribution in [2.24, 2.45) is 0 Å². The summed E-state index contributed by atoms with van der Waals surface area (Å²) in [5.41, 5.74) is 1.40. The quantitative estimate of drug-likeness (QED) is 0.643. The maximum Gasteiger partial charge on any atom is 0.0462 e. The lowest BCUT2D eigenvalue weighted by Crippen LogP contribution is -2.21. The van der Waals surface area contributed by atoms with Crippen LogP contribution in [0.15, 0.2) is 37.1 Å². The summed E-state index contributed by atoms with van der Waals surface area (Å²) in [5, 5.41) is 0. The minimum absolute atomic E-state index is 0.204. The van der Waals surface area contributed by atoms with Crippen molar-refractivity contribution in [2.75, 3.05) is 0 Å². The Morgan fingerprint density at radius 1 is 1.50 bits per heavy atom. The molecule has 0 bridgehead atoms. The lowest BCUT2D eigenvalue weighted by molar-refractivity contribution is 0.410. The molecule has 14 heavy (non-hydrogen) atoms. The van der Waals surface area contributed by atoms with Crippen LogP contribution in [0, 0.1) is 0 Å². The second-order valence-electron chi connectivity index (χ2n) is 3.96. The van der Waals surface area contributed by atoms with Crippen LogP contribution >= 0.6 is 0 Å². The minimum atomic E-state index is 0.204. The van der Waals surface area contributed by atoms with Crippen LogP contribution in [0.1, 0.15) is 38.8 Å². The molecule has 1 rings (SSSR count). The SMILES string of the molecule is C=CCCC(C)(CC)c1ccccn1. The van der Waals surface area contributed by atoms with Crippen molar-refractivity contribution < 1.29 is 0 Å². The Hall–Kier alpha value is -1.11. The van der Waals surface area contributed by atoms with Gasteiger partial charge in [-0.25, -0.2) is 0 Å². The molecule has 0 saturated carbocycles. The van der Waals surface area contributed by atoms with Crippen molar-refractivity contribution in [1.29, 1.82) is 0 Å². The van der Waals surface area contributed by atoms with Gasteiger partial charge in [0, 0.05) is 17.3 Å². The van der Waals surface area contributed by atoms with Gasteiger partial charge in [0.2, 0.25) is 0 Å². The van der Waals surface area contributed by atoms with E-state index in [0.29, 0.717) is 0 Å². The van der Waals surface area contributed by atoms with Crippen LogP contribution in [0.2, 0.25) is 0 Å². The van der Waals surface area contributed by atoms with E-state index in [-0.39, 0.29) is 5.41 Å². The van der Waals surface area contributed by atoms with Crippen molar-refractivity contribution in [3.8, 4) is 0 Å². The molecule has 1 atom stereocenters. The van der Waals surface area contributed by atoms with E-state index in [1.807, 2.05) is 18.3 Å². The van der Waals surface area contributed by atoms with Gasteiger partial charge in [-0.2, -0.15) is 0 Å². The molecule has 1 heteroatoms. The molecule has 0 radical (unpaired) electrons. The lowest BCUT2D eigenvalue weighted by Gasteiger charge is -2.27. The maximum absolute atomic E-state index is 4.44. The van der Waals surface area contributed by atoms with Gasteiger partial charge in [-0.1, -0.05) is 26.0 Å². The summed E-state index contributed by atoms with van der Waals surface area (Å²) < 4.78 is 0. The predicted molar refractivity (Wildman–Crippen MR) is 61.3 cm³/mol. The van der Waals surface area contributed by atoms with Crippen molar-refractivity contribution in [3.63, 3.8) is 0 Å². The van der Waals surface area contributed by atoms with Crippen molar-refractivity contribution in [1.82, 2.24) is 4.98 Å². The molecule has 0 aliphatic rings. The summed E-state index contributed by atoms with van der Waals surface area (Å²) in [6.07, 6.45) is 7.16. The number of allylic oxidation sites excluding steroid dienone is 1. The third-order valence-electron chi connectivity index (χ3n) is 2.96. The molecule has 76 valence electrons. The van der Waals surface area contributed by atoms with Gasteiger partial charge in [-0.05, 0) is 31.4 Å². The summed E-state index contributed by atoms with van der Waals surface area (Å²) in [6, 6.07) is 6.14. The first kappa shape index (κ1) is 11.0. The number of pyridine rings is 1. The predicted octanol–water partition coefficient (Wildman–Crippen LogP) is 3.72. The van der Waals surface area contributed by atoms with Gasteiger partial charge in [0.15, 0.2) is 0 Å². The standard InChI is InChI=1S/C13H19N/c1-4-6-10-13(3,5-2)12-9-7-8-11-14-12/h4,7-9,11H,1,5-6,10H2,2-3H3. The normalized spacial score (nSPS) is 14.7. The summed E-state index contributed by atoms with van der Waals surface area (Å²) in [5.74, 6) is 0. The third-order valence-corrected chi connectivity index (χ3v) is 2.96. The Morgan fingerprint density at radius 3 is 2.79 bits per heavy atom. The van der Waals surface area contributed by atoms with Crippen LogP contribution in [-0.4, -0.2) is 4.98 Å². The molecule has 0 fully saturated rings. The van der Waals surface area contributed by atoms with E-state index in [4.69, 9.17) is 0 Å². The molecule has 1 unspecified atom stereocenters. The Kier molecular flexibility index (Phi) is 3.87. The summed E-state index contributed by atoms with van der Waals surface area (Å²) >= 11 is 0. The number of rotatable bonds is 5. The number of hydrogen-bond acceptors (Lipinski definition) is 1. The largest absolute Gasteiger partial charge is 0.261 e. The van der Waals surface area contributed by atoms with Gasteiger partial charge in [0.05, 0.1) is 0 Å². The van der Waals surface area contributed by atoms with E-state index in [0.717, 1.165) is 19.3 Å². The molecular formula is C13H19N. The Labute approximate surface area is 86.9 Å². The zero-order valence-electron chi connectivity index (χ0n) is 9.16. The highest BCUT2D eigenvalue weighted by molar-refractivity contribution is 5.15. The fourth-order valence-electron chi connectivity index (χ4n) is 1.63. The highest BCUT2D eigenvalue weighted by atomic mass is 14.7. The molecule has 0 amide bonds. The van der Waals surface area contributed by atoms with Crippen LogP contribution in [0.25, 0.3) is 0 Å². The average molecular weight is 189 g/mol. The van der Waals surface area contributed by atoms with Crippen molar-refractivity contribution >= 4 is 0 Å². The van der Waals surface area contributed by atoms with Crippen LogP contribution in [0.5, 0.6) is 0 Å². The molecule has 1 nitrogen and oxygen atoms in total. The van der Waals surface area contributed by atoms with E-state index in [9.17, 15) is 0 Å². The molecule has 0 aromatic carbocycles. The van der Waals surface area contributed by atoms with Gasteiger partial charge in [-0.15, -0.1) is 6.58 Å². The molecule has 0 saturated heterocycles. The van der Waals surface area contributed by atoms with Crippen LogP contribution in [-0.2, 0) is 5.41 Å². The first-order chi connectivity index (χ1) is 6.73. The van der Waals surface area contributed by atoms with E-state index < -0.39 is 0 Å². The number of aromatic nitrogens is 1. The highest BCUT2D eigenvalue weighted by Gasteiger charge is 2.24. The summed E-state index contributed by atoms with van der Waals surface area (Å²) in [6.45, 7) is 8.27. The van der Waals surface area contributed by atoms with E-state index in [1.165, 1.54) is 5.69 Å². The molecule has 0 N–H and O–H groups in total. The van der Waals surface area contributed by atoms with Crippen molar-refractivity contribution in [2.45, 2.75) is 38.5 Å². The Balaban J connectivity index is 2.84. The fourth-order valence-corrected chi connectivity index (χ4v) is 1.63. The Bertz CT molecular complexity index is 279. The van der Waals surface area contributed by atoms with Crippen molar-refractivity contribution in [3.05, 3.63) is 42.7 Å². The maximum atomic E-state index is 4.44. The average Bonchev–Trinajstić information content (AvgIpc) is 2.27. The lowest BCUT2D eigenvalue weighted by atomic mass is 9.79. The molecule has 1 aromatic rings. The molecule has 0 aliphatic heterocycles. The molecule has 1 heterocycles. The molecule has 0 aliphatic carbocycles. The fraction of sp³-hybridized carbons (Fsp3) is 0.462. The van der Waals surface area contributed by atoms with Crippen LogP contribution in [0.3, 0.4) is 0 Å². The first-order valence-electron chi connectivity index (χ1n) is 5.25. The molecule has 0 spiro atoms. The van der Waals surface area contributed by atoms with Crippen LogP contribution in [0.4, 0.5) is 0 Å². The monoisotopic (exact) mass is 189 g/mol. The van der Waals surface area contributed by atoms with E-state index in [1.54, 1.807) is 0 Å². The Morgan fingerprint density at radius 2 is 2.29 bits per heavy atom. The van der Waals surface area contributed by atoms with Gasteiger partial charge in [-0.3, -0.25) is 4.98 Å². The molecular weight excluding hydrogens is 170 g/mol. The highest BCUT2D eigenvalue weighted by Crippen LogP contribution is 2.30. The van der Waals surface area contributed by atoms with Gasteiger partial charge in [0.1, 0.15) is 0 Å². The van der Waals surface area contributed by atoms with Crippen LogP contribution < -0.4 is 0 Å². The second kappa shape index (κ2) is 4.94. The summed E-state index contributed by atoms with van der Waals surface area (Å²) in [4.78, 5) is 4.44. The van der Waals surface area contributed by atoms with Gasteiger partial charge >= 0.3 is 0 Å². The van der Waals surface area contributed by atoms with E-state index in [2.05, 4.69) is 37.5 Å². The number of nitrogens with zero attached hydrogens (tertiary/aromatic N) is 1. The molecule has 1 aromatic heterocycles. The zero-order valence-corrected chi connectivity index (χ0v) is 9.16. The zero-order chi connectivity index (χ0) is 10.4. The van der Waals surface area contributed by atoms with Gasteiger partial charge in [0.25, 0.3) is 0 Å². The minimum Gasteiger partial charge on any atom is -0.261 e. The third kappa shape index (κ3) is 2.44. The van der Waals surface area contributed by atoms with Gasteiger partial charge < -0.3 is 0 Å². The first-order valence-corrected chi connectivity index (χ1v) is 5.25. The summed E-state index contributed by atoms with van der Waals surface area (Å²) in [7, 11) is 0. The number of hydrogen-bond donors (Lipinski definition) is 0. The van der Waals surface area contributed by atoms with E-state index >= 15 is 0 Å². The smallest absolute Gasteiger partial charge is 0.0462 e.